The summed E-state index contributed by atoms with van der Waals surface area (Å²) in [6.07, 6.45) is 7.85. The maximum absolute atomic E-state index is 12.1. The molecule has 4 rings (SSSR count). The van der Waals surface area contributed by atoms with Crippen molar-refractivity contribution in [2.45, 2.75) is 32.0 Å². The highest BCUT2D eigenvalue weighted by atomic mass is 32.1. The van der Waals surface area contributed by atoms with E-state index in [0.29, 0.717) is 6.61 Å². The number of carbonyl (C=O) groups is 1. The van der Waals surface area contributed by atoms with Gasteiger partial charge in [-0.15, -0.1) is 11.3 Å². The molecular formula is C17H23N5O2S. The van der Waals surface area contributed by atoms with E-state index in [2.05, 4.69) is 19.4 Å². The van der Waals surface area contributed by atoms with E-state index >= 15 is 0 Å². The third-order valence-corrected chi connectivity index (χ3v) is 5.60. The van der Waals surface area contributed by atoms with E-state index in [1.165, 1.54) is 5.69 Å². The van der Waals surface area contributed by atoms with Crippen molar-refractivity contribution < 1.29 is 9.53 Å². The zero-order chi connectivity index (χ0) is 17.1. The molecule has 0 saturated carbocycles. The van der Waals surface area contributed by atoms with Crippen LogP contribution in [0.4, 0.5) is 0 Å². The number of ether oxygens (including phenoxy) is 1. The minimum atomic E-state index is 0.110. The molecule has 8 heteroatoms. The number of fused-ring (bicyclic) bond motifs is 1. The van der Waals surface area contributed by atoms with Gasteiger partial charge in [-0.2, -0.15) is 0 Å². The van der Waals surface area contributed by atoms with Gasteiger partial charge in [0, 0.05) is 44.0 Å². The first-order chi connectivity index (χ1) is 12.3. The smallest absolute Gasteiger partial charge is 0.248 e. The molecule has 0 aromatic carbocycles. The number of carbonyl (C=O) groups excluding carboxylic acids is 1. The van der Waals surface area contributed by atoms with Crippen molar-refractivity contribution in [2.24, 2.45) is 0 Å². The van der Waals surface area contributed by atoms with Crippen molar-refractivity contribution in [3.8, 4) is 0 Å². The summed E-state index contributed by atoms with van der Waals surface area (Å²) in [6, 6.07) is 0.178. The van der Waals surface area contributed by atoms with E-state index in [1.807, 2.05) is 29.0 Å². The minimum Gasteiger partial charge on any atom is -0.369 e. The Hall–Kier alpha value is -1.77. The van der Waals surface area contributed by atoms with Crippen LogP contribution in [0, 0.1) is 0 Å². The molecule has 4 heterocycles. The Bertz CT molecular complexity index is 696. The van der Waals surface area contributed by atoms with Crippen LogP contribution in [0.1, 0.15) is 29.6 Å². The van der Waals surface area contributed by atoms with Crippen LogP contribution >= 0.6 is 11.3 Å². The zero-order valence-electron chi connectivity index (χ0n) is 14.2. The number of rotatable bonds is 6. The second-order valence-electron chi connectivity index (χ2n) is 6.64. The summed E-state index contributed by atoms with van der Waals surface area (Å²) in [4.78, 5) is 25.1. The van der Waals surface area contributed by atoms with Gasteiger partial charge in [0.05, 0.1) is 31.2 Å². The summed E-state index contributed by atoms with van der Waals surface area (Å²) in [5.41, 5.74) is 1.18. The van der Waals surface area contributed by atoms with Gasteiger partial charge in [0.2, 0.25) is 5.91 Å². The highest BCUT2D eigenvalue weighted by Crippen LogP contribution is 2.23. The predicted molar refractivity (Wildman–Crippen MR) is 94.1 cm³/mol. The van der Waals surface area contributed by atoms with Crippen LogP contribution in [-0.2, 0) is 22.6 Å². The molecule has 2 aliphatic rings. The van der Waals surface area contributed by atoms with Gasteiger partial charge < -0.3 is 14.2 Å². The molecule has 0 unspecified atom stereocenters. The number of hydrogen-bond donors (Lipinski definition) is 0. The van der Waals surface area contributed by atoms with Crippen molar-refractivity contribution in [3.63, 3.8) is 0 Å². The van der Waals surface area contributed by atoms with E-state index in [4.69, 9.17) is 4.74 Å². The lowest BCUT2D eigenvalue weighted by molar-refractivity contribution is -0.135. The Morgan fingerprint density at radius 1 is 1.36 bits per heavy atom. The molecule has 2 aromatic heterocycles. The Morgan fingerprint density at radius 3 is 3.04 bits per heavy atom. The number of hydrogen-bond acceptors (Lipinski definition) is 6. The Morgan fingerprint density at radius 2 is 2.24 bits per heavy atom. The van der Waals surface area contributed by atoms with Crippen molar-refractivity contribution in [1.82, 2.24) is 24.3 Å². The predicted octanol–water partition coefficient (Wildman–Crippen LogP) is 1.54. The van der Waals surface area contributed by atoms with Gasteiger partial charge in [0.1, 0.15) is 11.6 Å². The molecule has 0 spiro atoms. The fourth-order valence-electron chi connectivity index (χ4n) is 3.58. The summed E-state index contributed by atoms with van der Waals surface area (Å²) in [6.45, 7) is 5.03. The third-order valence-electron chi connectivity index (χ3n) is 4.83. The van der Waals surface area contributed by atoms with Crippen LogP contribution in [0.3, 0.4) is 0 Å². The number of aromatic nitrogens is 3. The van der Waals surface area contributed by atoms with E-state index in [1.54, 1.807) is 11.3 Å². The van der Waals surface area contributed by atoms with E-state index in [-0.39, 0.29) is 18.6 Å². The Labute approximate surface area is 151 Å². The molecule has 1 fully saturated rings. The van der Waals surface area contributed by atoms with Crippen LogP contribution in [0.15, 0.2) is 24.1 Å². The summed E-state index contributed by atoms with van der Waals surface area (Å²) < 4.78 is 7.96. The van der Waals surface area contributed by atoms with Crippen molar-refractivity contribution >= 4 is 17.2 Å². The van der Waals surface area contributed by atoms with Crippen molar-refractivity contribution in [3.05, 3.63) is 34.8 Å². The molecule has 134 valence electrons. The first-order valence-electron chi connectivity index (χ1n) is 8.76. The Balaban J connectivity index is 1.34. The second kappa shape index (κ2) is 7.63. The SMILES string of the molecule is O=C(COC[C@@H]1CN(Cc2nccs2)Cc2cncn21)N1CCCC1. The lowest BCUT2D eigenvalue weighted by atomic mass is 10.2. The largest absolute Gasteiger partial charge is 0.369 e. The summed E-state index contributed by atoms with van der Waals surface area (Å²) in [5, 5.41) is 3.13. The van der Waals surface area contributed by atoms with Gasteiger partial charge in [0.15, 0.2) is 0 Å². The molecule has 0 N–H and O–H groups in total. The number of thiazole rings is 1. The molecule has 1 atom stereocenters. The highest BCUT2D eigenvalue weighted by Gasteiger charge is 2.26. The molecule has 0 radical (unpaired) electrons. The lowest BCUT2D eigenvalue weighted by Gasteiger charge is -2.33. The number of amides is 1. The van der Waals surface area contributed by atoms with Crippen LogP contribution in [0.5, 0.6) is 0 Å². The first-order valence-corrected chi connectivity index (χ1v) is 9.64. The lowest BCUT2D eigenvalue weighted by Crippen LogP contribution is -2.39. The van der Waals surface area contributed by atoms with Gasteiger partial charge in [-0.05, 0) is 12.8 Å². The maximum Gasteiger partial charge on any atom is 0.248 e. The number of nitrogens with zero attached hydrogens (tertiary/aromatic N) is 5. The van der Waals surface area contributed by atoms with E-state index < -0.39 is 0 Å². The maximum atomic E-state index is 12.1. The Kier molecular flexibility index (Phi) is 5.09. The molecule has 2 aromatic rings. The zero-order valence-corrected chi connectivity index (χ0v) is 15.0. The summed E-state index contributed by atoms with van der Waals surface area (Å²) in [7, 11) is 0. The molecule has 0 bridgehead atoms. The molecular weight excluding hydrogens is 338 g/mol. The summed E-state index contributed by atoms with van der Waals surface area (Å²) >= 11 is 1.68. The van der Waals surface area contributed by atoms with Gasteiger partial charge in [0.25, 0.3) is 0 Å². The molecule has 1 saturated heterocycles. The van der Waals surface area contributed by atoms with Gasteiger partial charge in [-0.3, -0.25) is 9.69 Å². The van der Waals surface area contributed by atoms with E-state index in [0.717, 1.165) is 50.6 Å². The standard InChI is InChI=1S/C17H23N5O2S/c23-17(21-4-1-2-5-21)12-24-11-15-9-20(10-16-19-3-6-25-16)8-14-7-18-13-22(14)15/h3,6-7,13,15H,1-2,4-5,8-12H2/t15-/m0/s1. The van der Waals surface area contributed by atoms with E-state index in [9.17, 15) is 4.79 Å². The van der Waals surface area contributed by atoms with Crippen molar-refractivity contribution in [2.75, 3.05) is 32.8 Å². The van der Waals surface area contributed by atoms with Crippen LogP contribution in [0.2, 0.25) is 0 Å². The molecule has 2 aliphatic heterocycles. The fourth-order valence-corrected chi connectivity index (χ4v) is 4.24. The number of imidazole rings is 1. The quantitative estimate of drug-likeness (QED) is 0.781. The third kappa shape index (κ3) is 3.91. The molecule has 0 aliphatic carbocycles. The van der Waals surface area contributed by atoms with Gasteiger partial charge in [-0.25, -0.2) is 9.97 Å². The molecule has 7 nitrogen and oxygen atoms in total. The number of likely N-dealkylation sites (tertiary alicyclic amines) is 1. The fraction of sp³-hybridized carbons (Fsp3) is 0.588. The average Bonchev–Trinajstić information content (AvgIpc) is 3.36. The molecule has 1 amide bonds. The van der Waals surface area contributed by atoms with Gasteiger partial charge >= 0.3 is 0 Å². The van der Waals surface area contributed by atoms with Crippen molar-refractivity contribution in [1.29, 1.82) is 0 Å². The monoisotopic (exact) mass is 361 g/mol. The minimum absolute atomic E-state index is 0.110. The van der Waals surface area contributed by atoms with Crippen LogP contribution in [-0.4, -0.2) is 63.1 Å². The van der Waals surface area contributed by atoms with Crippen LogP contribution < -0.4 is 0 Å². The summed E-state index contributed by atoms with van der Waals surface area (Å²) in [5.74, 6) is 0.110. The second-order valence-corrected chi connectivity index (χ2v) is 7.62. The highest BCUT2D eigenvalue weighted by molar-refractivity contribution is 7.09. The first kappa shape index (κ1) is 16.7. The topological polar surface area (TPSA) is 63.5 Å². The van der Waals surface area contributed by atoms with Crippen LogP contribution in [0.25, 0.3) is 0 Å². The van der Waals surface area contributed by atoms with Gasteiger partial charge in [-0.1, -0.05) is 0 Å². The normalized spacial score (nSPS) is 20.8. The average molecular weight is 361 g/mol. The molecule has 25 heavy (non-hydrogen) atoms.